The molecule has 0 aromatic heterocycles. The lowest BCUT2D eigenvalue weighted by Crippen LogP contribution is -2.20. The molecule has 2 aliphatic carbocycles. The first-order valence-electron chi connectivity index (χ1n) is 6.96. The van der Waals surface area contributed by atoms with E-state index in [1.54, 1.807) is 12.1 Å². The summed E-state index contributed by atoms with van der Waals surface area (Å²) in [6.07, 6.45) is 5.46. The van der Waals surface area contributed by atoms with Gasteiger partial charge in [0.25, 0.3) is 0 Å². The van der Waals surface area contributed by atoms with Gasteiger partial charge in [-0.2, -0.15) is 0 Å². The van der Waals surface area contributed by atoms with Gasteiger partial charge < -0.3 is 11.1 Å². The number of rotatable bonds is 4. The van der Waals surface area contributed by atoms with Gasteiger partial charge in [0.1, 0.15) is 10.8 Å². The van der Waals surface area contributed by atoms with Gasteiger partial charge in [-0.15, -0.1) is 0 Å². The summed E-state index contributed by atoms with van der Waals surface area (Å²) in [4.78, 5) is 0.235. The molecule has 2 aliphatic rings. The molecule has 1 aromatic carbocycles. The van der Waals surface area contributed by atoms with Crippen LogP contribution in [0.1, 0.15) is 31.2 Å². The number of anilines is 1. The minimum absolute atomic E-state index is 0.235. The van der Waals surface area contributed by atoms with Crippen molar-refractivity contribution in [1.29, 1.82) is 0 Å². The summed E-state index contributed by atoms with van der Waals surface area (Å²) in [5.74, 6) is 2.23. The van der Waals surface area contributed by atoms with Crippen molar-refractivity contribution in [2.45, 2.75) is 25.7 Å². The molecule has 1 aromatic rings. The highest BCUT2D eigenvalue weighted by molar-refractivity contribution is 7.80. The molecule has 2 nitrogen and oxygen atoms in total. The Hall–Kier alpha value is -1.16. The topological polar surface area (TPSA) is 38.0 Å². The lowest BCUT2D eigenvalue weighted by Gasteiger charge is -2.22. The molecular formula is C15H19FN2S. The van der Waals surface area contributed by atoms with Crippen LogP contribution in [0.2, 0.25) is 0 Å². The Labute approximate surface area is 118 Å². The standard InChI is InChI=1S/C15H19FN2S/c16-13-7-11(15(17)19)3-4-14(13)18-8-12-6-9-1-2-10(12)5-9/h3-4,7,9-10,12,18H,1-2,5-6,8H2,(H2,17,19). The average molecular weight is 278 g/mol. The fraction of sp³-hybridized carbons (Fsp3) is 0.533. The first kappa shape index (κ1) is 12.9. The van der Waals surface area contributed by atoms with Gasteiger partial charge in [-0.25, -0.2) is 4.39 Å². The lowest BCUT2D eigenvalue weighted by molar-refractivity contribution is 0.348. The van der Waals surface area contributed by atoms with E-state index in [-0.39, 0.29) is 10.8 Å². The summed E-state index contributed by atoms with van der Waals surface area (Å²) in [6.45, 7) is 0.879. The first-order chi connectivity index (χ1) is 9.13. The van der Waals surface area contributed by atoms with Crippen LogP contribution in [0, 0.1) is 23.6 Å². The van der Waals surface area contributed by atoms with E-state index in [0.29, 0.717) is 17.2 Å². The number of halogens is 1. The minimum Gasteiger partial charge on any atom is -0.389 e. The fourth-order valence-corrected chi connectivity index (χ4v) is 3.81. The second-order valence-corrected chi connectivity index (χ2v) is 6.31. The number of benzene rings is 1. The maximum atomic E-state index is 13.9. The summed E-state index contributed by atoms with van der Waals surface area (Å²) in [5, 5.41) is 3.25. The monoisotopic (exact) mass is 278 g/mol. The predicted octanol–water partition coefficient (Wildman–Crippen LogP) is 3.31. The Morgan fingerprint density at radius 2 is 2.21 bits per heavy atom. The van der Waals surface area contributed by atoms with Gasteiger partial charge in [-0.05, 0) is 55.2 Å². The second kappa shape index (κ2) is 5.08. The summed E-state index contributed by atoms with van der Waals surface area (Å²) >= 11 is 4.84. The molecule has 2 fully saturated rings. The predicted molar refractivity (Wildman–Crippen MR) is 79.7 cm³/mol. The molecule has 0 radical (unpaired) electrons. The van der Waals surface area contributed by atoms with Gasteiger partial charge in [0.05, 0.1) is 5.69 Å². The van der Waals surface area contributed by atoms with Crippen LogP contribution in [-0.4, -0.2) is 11.5 Å². The Morgan fingerprint density at radius 1 is 1.37 bits per heavy atom. The van der Waals surface area contributed by atoms with Crippen molar-refractivity contribution in [3.63, 3.8) is 0 Å². The zero-order valence-corrected chi connectivity index (χ0v) is 11.7. The molecule has 0 saturated heterocycles. The van der Waals surface area contributed by atoms with Crippen LogP contribution < -0.4 is 11.1 Å². The Morgan fingerprint density at radius 3 is 2.79 bits per heavy atom. The van der Waals surface area contributed by atoms with Gasteiger partial charge >= 0.3 is 0 Å². The molecule has 102 valence electrons. The highest BCUT2D eigenvalue weighted by Gasteiger charge is 2.39. The van der Waals surface area contributed by atoms with Crippen molar-refractivity contribution >= 4 is 22.9 Å². The summed E-state index contributed by atoms with van der Waals surface area (Å²) < 4.78 is 13.9. The minimum atomic E-state index is -0.270. The van der Waals surface area contributed by atoms with E-state index in [1.165, 1.54) is 31.7 Å². The van der Waals surface area contributed by atoms with Gasteiger partial charge in [0, 0.05) is 12.1 Å². The molecule has 19 heavy (non-hydrogen) atoms. The third-order valence-electron chi connectivity index (χ3n) is 4.69. The first-order valence-corrected chi connectivity index (χ1v) is 7.37. The third kappa shape index (κ3) is 2.59. The average Bonchev–Trinajstić information content (AvgIpc) is 2.99. The van der Waals surface area contributed by atoms with Crippen LogP contribution in [0.5, 0.6) is 0 Å². The molecule has 2 bridgehead atoms. The van der Waals surface area contributed by atoms with Crippen molar-refractivity contribution in [3.8, 4) is 0 Å². The molecule has 3 N–H and O–H groups in total. The van der Waals surface area contributed by atoms with Gasteiger partial charge in [-0.1, -0.05) is 18.6 Å². The quantitative estimate of drug-likeness (QED) is 0.830. The van der Waals surface area contributed by atoms with Gasteiger partial charge in [0.15, 0.2) is 0 Å². The number of nitrogens with one attached hydrogen (secondary N) is 1. The number of hydrogen-bond acceptors (Lipinski definition) is 2. The molecule has 0 amide bonds. The lowest BCUT2D eigenvalue weighted by atomic mass is 9.89. The molecule has 4 heteroatoms. The highest BCUT2D eigenvalue weighted by atomic mass is 32.1. The number of nitrogens with two attached hydrogens (primary N) is 1. The van der Waals surface area contributed by atoms with Crippen molar-refractivity contribution in [2.24, 2.45) is 23.5 Å². The molecule has 0 aliphatic heterocycles. The Bertz CT molecular complexity index is 503. The normalized spacial score (nSPS) is 28.6. The van der Waals surface area contributed by atoms with Crippen LogP contribution in [0.25, 0.3) is 0 Å². The van der Waals surface area contributed by atoms with Crippen LogP contribution in [0.3, 0.4) is 0 Å². The molecule has 3 atom stereocenters. The van der Waals surface area contributed by atoms with E-state index in [0.717, 1.165) is 18.4 Å². The number of thiocarbonyl (C=S) groups is 1. The third-order valence-corrected chi connectivity index (χ3v) is 4.93. The van der Waals surface area contributed by atoms with Crippen molar-refractivity contribution in [1.82, 2.24) is 0 Å². The van der Waals surface area contributed by atoms with E-state index in [2.05, 4.69) is 5.32 Å². The Kier molecular flexibility index (Phi) is 3.44. The summed E-state index contributed by atoms with van der Waals surface area (Å²) in [5.41, 5.74) is 6.63. The van der Waals surface area contributed by atoms with Crippen molar-refractivity contribution < 1.29 is 4.39 Å². The highest BCUT2D eigenvalue weighted by Crippen LogP contribution is 2.48. The maximum absolute atomic E-state index is 13.9. The summed E-state index contributed by atoms with van der Waals surface area (Å²) in [6, 6.07) is 4.91. The molecule has 0 heterocycles. The van der Waals surface area contributed by atoms with Crippen LogP contribution in [0.15, 0.2) is 18.2 Å². The molecular weight excluding hydrogens is 259 g/mol. The van der Waals surface area contributed by atoms with Gasteiger partial charge in [0.2, 0.25) is 0 Å². The molecule has 2 saturated carbocycles. The van der Waals surface area contributed by atoms with Gasteiger partial charge in [-0.3, -0.25) is 0 Å². The number of fused-ring (bicyclic) bond motifs is 2. The van der Waals surface area contributed by atoms with Crippen LogP contribution >= 0.6 is 12.2 Å². The van der Waals surface area contributed by atoms with Crippen molar-refractivity contribution in [3.05, 3.63) is 29.6 Å². The van der Waals surface area contributed by atoms with E-state index in [1.807, 2.05) is 0 Å². The largest absolute Gasteiger partial charge is 0.389 e. The molecule has 3 unspecified atom stereocenters. The summed E-state index contributed by atoms with van der Waals surface area (Å²) in [7, 11) is 0. The van der Waals surface area contributed by atoms with E-state index in [9.17, 15) is 4.39 Å². The van der Waals surface area contributed by atoms with E-state index < -0.39 is 0 Å². The van der Waals surface area contributed by atoms with Crippen LogP contribution in [0.4, 0.5) is 10.1 Å². The number of hydrogen-bond donors (Lipinski definition) is 2. The maximum Gasteiger partial charge on any atom is 0.146 e. The smallest absolute Gasteiger partial charge is 0.146 e. The van der Waals surface area contributed by atoms with Crippen LogP contribution in [-0.2, 0) is 0 Å². The second-order valence-electron chi connectivity index (χ2n) is 5.87. The SMILES string of the molecule is NC(=S)c1ccc(NCC2CC3CCC2C3)c(F)c1. The zero-order chi connectivity index (χ0) is 13.4. The fourth-order valence-electron chi connectivity index (χ4n) is 3.68. The van der Waals surface area contributed by atoms with Crippen molar-refractivity contribution in [2.75, 3.05) is 11.9 Å². The molecule has 0 spiro atoms. The van der Waals surface area contributed by atoms with E-state index >= 15 is 0 Å². The zero-order valence-electron chi connectivity index (χ0n) is 10.9. The Balaban J connectivity index is 1.62. The van der Waals surface area contributed by atoms with E-state index in [4.69, 9.17) is 18.0 Å². The molecule has 3 rings (SSSR count).